The molecule has 0 saturated carbocycles. The number of nitrogen functional groups attached to an aromatic ring is 1. The molecular weight excluding hydrogens is 268 g/mol. The lowest BCUT2D eigenvalue weighted by molar-refractivity contribution is -0.384. The van der Waals surface area contributed by atoms with Gasteiger partial charge in [0.2, 0.25) is 5.82 Å². The zero-order valence-corrected chi connectivity index (χ0v) is 10.6. The number of carboxylic acid groups (broad SMARTS) is 1. The molecule has 0 aliphatic carbocycles. The highest BCUT2D eigenvalue weighted by Crippen LogP contribution is 2.24. The third-order valence-electron chi connectivity index (χ3n) is 2.95. The Morgan fingerprint density at radius 1 is 1.65 bits per heavy atom. The molecule has 9 heteroatoms. The number of nitrogens with zero attached hydrogens (tertiary/aromatic N) is 3. The number of hydrogen-bond donors (Lipinski definition) is 2. The van der Waals surface area contributed by atoms with E-state index in [1.807, 2.05) is 0 Å². The van der Waals surface area contributed by atoms with Gasteiger partial charge in [-0.2, -0.15) is 0 Å². The number of carboxylic acids is 1. The molecule has 1 aromatic heterocycles. The summed E-state index contributed by atoms with van der Waals surface area (Å²) >= 11 is 0. The fourth-order valence-electron chi connectivity index (χ4n) is 2.03. The van der Waals surface area contributed by atoms with Crippen molar-refractivity contribution in [3.63, 3.8) is 0 Å². The molecule has 1 atom stereocenters. The minimum atomic E-state index is -0.937. The van der Waals surface area contributed by atoms with Gasteiger partial charge in [-0.05, 0) is 6.07 Å². The number of anilines is 2. The number of hydrogen-bond acceptors (Lipinski definition) is 7. The molecule has 20 heavy (non-hydrogen) atoms. The summed E-state index contributed by atoms with van der Waals surface area (Å²) in [5, 5.41) is 19.4. The molecular formula is C11H14N4O5. The molecule has 2 rings (SSSR count). The van der Waals surface area contributed by atoms with Gasteiger partial charge in [0.25, 0.3) is 0 Å². The van der Waals surface area contributed by atoms with E-state index < -0.39 is 17.0 Å². The van der Waals surface area contributed by atoms with Gasteiger partial charge in [-0.25, -0.2) is 4.98 Å². The van der Waals surface area contributed by atoms with E-state index in [1.165, 1.54) is 12.1 Å². The fourth-order valence-corrected chi connectivity index (χ4v) is 2.03. The zero-order chi connectivity index (χ0) is 14.7. The van der Waals surface area contributed by atoms with Crippen molar-refractivity contribution in [3.05, 3.63) is 22.2 Å². The van der Waals surface area contributed by atoms with E-state index in [0.29, 0.717) is 25.5 Å². The number of ether oxygens (including phenoxy) is 1. The molecule has 108 valence electrons. The highest BCUT2D eigenvalue weighted by atomic mass is 16.6. The molecule has 0 aromatic carbocycles. The van der Waals surface area contributed by atoms with Crippen molar-refractivity contribution in [3.8, 4) is 0 Å². The summed E-state index contributed by atoms with van der Waals surface area (Å²) in [6.45, 7) is 1.26. The number of aromatic nitrogens is 1. The fraction of sp³-hybridized carbons (Fsp3) is 0.455. The van der Waals surface area contributed by atoms with Crippen LogP contribution in [-0.4, -0.2) is 46.8 Å². The smallest absolute Gasteiger partial charge is 0.311 e. The van der Waals surface area contributed by atoms with Crippen molar-refractivity contribution < 1.29 is 19.6 Å². The van der Waals surface area contributed by atoms with Gasteiger partial charge in [0.1, 0.15) is 5.82 Å². The first-order valence-electron chi connectivity index (χ1n) is 5.96. The predicted molar refractivity (Wildman–Crippen MR) is 69.5 cm³/mol. The summed E-state index contributed by atoms with van der Waals surface area (Å²) in [7, 11) is 0. The molecule has 1 fully saturated rings. The van der Waals surface area contributed by atoms with Gasteiger partial charge in [-0.15, -0.1) is 0 Å². The van der Waals surface area contributed by atoms with Gasteiger partial charge in [-0.1, -0.05) is 0 Å². The van der Waals surface area contributed by atoms with Crippen LogP contribution in [0.4, 0.5) is 17.3 Å². The number of nitro groups is 1. The van der Waals surface area contributed by atoms with E-state index in [0.717, 1.165) is 0 Å². The summed E-state index contributed by atoms with van der Waals surface area (Å²) in [6, 6.07) is 2.79. The second-order valence-corrected chi connectivity index (χ2v) is 4.37. The van der Waals surface area contributed by atoms with Gasteiger partial charge in [-0.3, -0.25) is 14.9 Å². The van der Waals surface area contributed by atoms with Crippen molar-refractivity contribution in [2.75, 3.05) is 30.3 Å². The maximum absolute atomic E-state index is 10.7. The summed E-state index contributed by atoms with van der Waals surface area (Å²) in [5.74, 6) is -0.617. The van der Waals surface area contributed by atoms with Gasteiger partial charge < -0.3 is 20.5 Å². The summed E-state index contributed by atoms with van der Waals surface area (Å²) in [5.41, 5.74) is 5.29. The van der Waals surface area contributed by atoms with Crippen LogP contribution in [0.3, 0.4) is 0 Å². The zero-order valence-electron chi connectivity index (χ0n) is 10.6. The Bertz CT molecular complexity index is 536. The van der Waals surface area contributed by atoms with Crippen LogP contribution in [0.2, 0.25) is 0 Å². The predicted octanol–water partition coefficient (Wildman–Crippen LogP) is 0.252. The molecule has 0 radical (unpaired) electrons. The monoisotopic (exact) mass is 282 g/mol. The molecule has 1 aliphatic rings. The number of pyridine rings is 1. The molecule has 3 N–H and O–H groups in total. The van der Waals surface area contributed by atoms with Crippen LogP contribution in [0.25, 0.3) is 0 Å². The third kappa shape index (κ3) is 3.12. The Kier molecular flexibility index (Phi) is 3.99. The second kappa shape index (κ2) is 5.70. The number of rotatable bonds is 4. The van der Waals surface area contributed by atoms with E-state index in [1.54, 1.807) is 4.90 Å². The highest BCUT2D eigenvalue weighted by Gasteiger charge is 2.24. The van der Waals surface area contributed by atoms with Crippen LogP contribution in [0.5, 0.6) is 0 Å². The largest absolute Gasteiger partial charge is 0.481 e. The van der Waals surface area contributed by atoms with E-state index in [4.69, 9.17) is 15.6 Å². The Morgan fingerprint density at radius 3 is 3.00 bits per heavy atom. The van der Waals surface area contributed by atoms with Gasteiger partial charge in [0.05, 0.1) is 24.1 Å². The molecule has 1 aliphatic heterocycles. The van der Waals surface area contributed by atoms with E-state index >= 15 is 0 Å². The lowest BCUT2D eigenvalue weighted by Gasteiger charge is -2.33. The highest BCUT2D eigenvalue weighted by molar-refractivity contribution is 5.67. The average molecular weight is 282 g/mol. The number of carbonyl (C=O) groups is 1. The Hall–Kier alpha value is -2.42. The minimum Gasteiger partial charge on any atom is -0.481 e. The SMILES string of the molecule is Nc1nc(N2CCOC(CC(=O)O)C2)ccc1[N+](=O)[O-]. The Balaban J connectivity index is 2.13. The molecule has 2 heterocycles. The summed E-state index contributed by atoms with van der Waals surface area (Å²) < 4.78 is 5.34. The summed E-state index contributed by atoms with van der Waals surface area (Å²) in [4.78, 5) is 26.5. The summed E-state index contributed by atoms with van der Waals surface area (Å²) in [6.07, 6.45) is -0.529. The van der Waals surface area contributed by atoms with Crippen LogP contribution in [0.15, 0.2) is 12.1 Å². The maximum atomic E-state index is 10.7. The Labute approximate surface area is 114 Å². The van der Waals surface area contributed by atoms with Gasteiger partial charge in [0.15, 0.2) is 0 Å². The van der Waals surface area contributed by atoms with Crippen molar-refractivity contribution in [2.24, 2.45) is 0 Å². The lowest BCUT2D eigenvalue weighted by atomic mass is 10.2. The van der Waals surface area contributed by atoms with Crippen molar-refractivity contribution in [2.45, 2.75) is 12.5 Å². The molecule has 1 saturated heterocycles. The van der Waals surface area contributed by atoms with E-state index in [9.17, 15) is 14.9 Å². The normalized spacial score (nSPS) is 18.8. The van der Waals surface area contributed by atoms with Crippen LogP contribution in [-0.2, 0) is 9.53 Å². The lowest BCUT2D eigenvalue weighted by Crippen LogP contribution is -2.43. The molecule has 1 aromatic rings. The van der Waals surface area contributed by atoms with Crippen molar-refractivity contribution >= 4 is 23.3 Å². The number of aliphatic carboxylic acids is 1. The van der Waals surface area contributed by atoms with Gasteiger partial charge in [0, 0.05) is 19.2 Å². The number of nitrogens with two attached hydrogens (primary N) is 1. The van der Waals surface area contributed by atoms with E-state index in [-0.39, 0.29) is 17.9 Å². The average Bonchev–Trinajstić information content (AvgIpc) is 2.37. The Morgan fingerprint density at radius 2 is 2.40 bits per heavy atom. The van der Waals surface area contributed by atoms with Crippen LogP contribution in [0.1, 0.15) is 6.42 Å². The third-order valence-corrected chi connectivity index (χ3v) is 2.95. The quantitative estimate of drug-likeness (QED) is 0.593. The second-order valence-electron chi connectivity index (χ2n) is 4.37. The first kappa shape index (κ1) is 14.0. The molecule has 0 amide bonds. The maximum Gasteiger partial charge on any atom is 0.311 e. The minimum absolute atomic E-state index is 0.0983. The molecule has 9 nitrogen and oxygen atoms in total. The van der Waals surface area contributed by atoms with Crippen molar-refractivity contribution in [1.82, 2.24) is 4.98 Å². The molecule has 0 bridgehead atoms. The van der Waals surface area contributed by atoms with E-state index in [2.05, 4.69) is 4.98 Å². The van der Waals surface area contributed by atoms with Crippen molar-refractivity contribution in [1.29, 1.82) is 0 Å². The first-order valence-corrected chi connectivity index (χ1v) is 5.96. The van der Waals surface area contributed by atoms with Crippen LogP contribution in [0, 0.1) is 10.1 Å². The topological polar surface area (TPSA) is 132 Å². The van der Waals surface area contributed by atoms with Crippen LogP contribution < -0.4 is 10.6 Å². The first-order chi connectivity index (χ1) is 9.47. The van der Waals surface area contributed by atoms with Gasteiger partial charge >= 0.3 is 11.7 Å². The molecule has 1 unspecified atom stereocenters. The van der Waals surface area contributed by atoms with Crippen LogP contribution >= 0.6 is 0 Å². The standard InChI is InChI=1S/C11H14N4O5/c12-11-8(15(18)19)1-2-9(13-11)14-3-4-20-7(6-14)5-10(16)17/h1-2,7H,3-6H2,(H2,12,13)(H,16,17). The number of morpholine rings is 1. The molecule has 0 spiro atoms.